The smallest absolute Gasteiger partial charge is 0.133 e. The fraction of sp³-hybridized carbons (Fsp3) is 1.00. The van der Waals surface area contributed by atoms with Crippen molar-refractivity contribution in [3.8, 4) is 0 Å². The van der Waals surface area contributed by atoms with Gasteiger partial charge in [0.25, 0.3) is 0 Å². The molecule has 0 saturated heterocycles. The van der Waals surface area contributed by atoms with Crippen LogP contribution < -0.4 is 0 Å². The van der Waals surface area contributed by atoms with E-state index in [2.05, 4.69) is 11.4 Å². The lowest BCUT2D eigenvalue weighted by Crippen LogP contribution is -1.87. The third-order valence-electron chi connectivity index (χ3n) is 3.20. The highest BCUT2D eigenvalue weighted by atomic mass is 31.1. The zero-order valence-corrected chi connectivity index (χ0v) is 12.8. The van der Waals surface area contributed by atoms with Crippen LogP contribution in [0.2, 0.25) is 0 Å². The van der Waals surface area contributed by atoms with Crippen LogP contribution in [0, 0.1) is 0 Å². The largest absolute Gasteiger partial charge is 0.694 e. The van der Waals surface area contributed by atoms with Crippen molar-refractivity contribution in [1.29, 1.82) is 0 Å². The molecule has 0 bridgehead atoms. The highest BCUT2D eigenvalue weighted by Crippen LogP contribution is 2.16. The molecule has 0 amide bonds. The molecule has 108 valence electrons. The standard InChI is InChI=1S/C14H29O3P/c1-2-3-4-5-6-7-8-9-10-11-12-13-14-17-18(15)16/h2-14H2,1H3/p+1. The van der Waals surface area contributed by atoms with Gasteiger partial charge in [0.15, 0.2) is 0 Å². The van der Waals surface area contributed by atoms with Gasteiger partial charge in [-0.2, -0.15) is 0 Å². The van der Waals surface area contributed by atoms with Crippen molar-refractivity contribution in [2.24, 2.45) is 0 Å². The second-order valence-electron chi connectivity index (χ2n) is 4.96. The van der Waals surface area contributed by atoms with E-state index in [1.54, 1.807) is 0 Å². The van der Waals surface area contributed by atoms with Crippen LogP contribution in [0.1, 0.15) is 84.0 Å². The topological polar surface area (TPSA) is 46.5 Å². The molecule has 3 nitrogen and oxygen atoms in total. The number of hydrogen-bond donors (Lipinski definition) is 1. The van der Waals surface area contributed by atoms with E-state index in [1.807, 2.05) is 0 Å². The van der Waals surface area contributed by atoms with E-state index in [1.165, 1.54) is 64.2 Å². The van der Waals surface area contributed by atoms with Gasteiger partial charge in [-0.3, -0.25) is 0 Å². The molecular weight excluding hydrogens is 247 g/mol. The van der Waals surface area contributed by atoms with Crippen LogP contribution in [-0.4, -0.2) is 11.5 Å². The number of hydrogen-bond acceptors (Lipinski definition) is 2. The van der Waals surface area contributed by atoms with Crippen molar-refractivity contribution in [2.45, 2.75) is 84.0 Å². The Bertz CT molecular complexity index is 186. The van der Waals surface area contributed by atoms with Crippen LogP contribution in [0.3, 0.4) is 0 Å². The molecular formula is C14H30O3P+. The molecule has 0 aromatic rings. The van der Waals surface area contributed by atoms with E-state index in [0.717, 1.165) is 12.8 Å². The maximum atomic E-state index is 10.2. The van der Waals surface area contributed by atoms with Crippen LogP contribution in [0.25, 0.3) is 0 Å². The molecule has 0 aromatic heterocycles. The first-order valence-corrected chi connectivity index (χ1v) is 8.69. The Kier molecular flexibility index (Phi) is 15.1. The van der Waals surface area contributed by atoms with Gasteiger partial charge in [0.05, 0.1) is 0 Å². The molecule has 0 aliphatic carbocycles. The molecule has 18 heavy (non-hydrogen) atoms. The predicted octanol–water partition coefficient (Wildman–Crippen LogP) is 5.35. The molecule has 0 fully saturated rings. The minimum absolute atomic E-state index is 0.420. The zero-order valence-electron chi connectivity index (χ0n) is 11.9. The summed E-state index contributed by atoms with van der Waals surface area (Å²) in [4.78, 5) is 8.42. The lowest BCUT2D eigenvalue weighted by molar-refractivity contribution is 0.273. The van der Waals surface area contributed by atoms with Crippen molar-refractivity contribution in [3.05, 3.63) is 0 Å². The lowest BCUT2D eigenvalue weighted by atomic mass is 10.1. The number of unbranched alkanes of at least 4 members (excludes halogenated alkanes) is 11. The highest BCUT2D eigenvalue weighted by Gasteiger charge is 2.09. The Morgan fingerprint density at radius 3 is 1.56 bits per heavy atom. The van der Waals surface area contributed by atoms with Crippen LogP contribution in [0.4, 0.5) is 0 Å². The Morgan fingerprint density at radius 2 is 1.17 bits per heavy atom. The summed E-state index contributed by atoms with van der Waals surface area (Å²) in [6.07, 6.45) is 15.5. The first-order valence-electron chi connectivity index (χ1n) is 7.56. The normalized spacial score (nSPS) is 11.8. The van der Waals surface area contributed by atoms with Crippen molar-refractivity contribution < 1.29 is 14.0 Å². The van der Waals surface area contributed by atoms with E-state index in [9.17, 15) is 4.57 Å². The SMILES string of the molecule is CCCCCCCCCCCCCCO[P+](=O)O. The lowest BCUT2D eigenvalue weighted by Gasteiger charge is -2.01. The second kappa shape index (κ2) is 15.1. The average molecular weight is 277 g/mol. The van der Waals surface area contributed by atoms with E-state index in [-0.39, 0.29) is 0 Å². The van der Waals surface area contributed by atoms with E-state index in [0.29, 0.717) is 6.61 Å². The minimum Gasteiger partial charge on any atom is -0.133 e. The Morgan fingerprint density at radius 1 is 0.778 bits per heavy atom. The molecule has 4 heteroatoms. The molecule has 0 radical (unpaired) electrons. The fourth-order valence-corrected chi connectivity index (χ4v) is 2.37. The number of rotatable bonds is 14. The summed E-state index contributed by atoms with van der Waals surface area (Å²) >= 11 is 0. The molecule has 1 unspecified atom stereocenters. The van der Waals surface area contributed by atoms with E-state index >= 15 is 0 Å². The van der Waals surface area contributed by atoms with E-state index in [4.69, 9.17) is 4.89 Å². The third kappa shape index (κ3) is 16.0. The molecule has 0 aliphatic rings. The van der Waals surface area contributed by atoms with Gasteiger partial charge in [0.2, 0.25) is 0 Å². The first-order chi connectivity index (χ1) is 8.77. The highest BCUT2D eigenvalue weighted by molar-refractivity contribution is 7.32. The van der Waals surface area contributed by atoms with Gasteiger partial charge in [0.1, 0.15) is 6.61 Å². The minimum atomic E-state index is -2.39. The summed E-state index contributed by atoms with van der Waals surface area (Å²) in [5.74, 6) is 0. The predicted molar refractivity (Wildman–Crippen MR) is 76.9 cm³/mol. The van der Waals surface area contributed by atoms with Crippen LogP contribution in [0.15, 0.2) is 0 Å². The first kappa shape index (κ1) is 18.0. The monoisotopic (exact) mass is 277 g/mol. The van der Waals surface area contributed by atoms with Crippen molar-refractivity contribution in [2.75, 3.05) is 6.61 Å². The molecule has 0 aliphatic heterocycles. The molecule has 0 heterocycles. The molecule has 0 spiro atoms. The van der Waals surface area contributed by atoms with Crippen molar-refractivity contribution in [1.82, 2.24) is 0 Å². The quantitative estimate of drug-likeness (QED) is 0.343. The summed E-state index contributed by atoms with van der Waals surface area (Å²) in [6.45, 7) is 2.67. The van der Waals surface area contributed by atoms with Gasteiger partial charge in [-0.1, -0.05) is 77.6 Å². The van der Waals surface area contributed by atoms with Gasteiger partial charge >= 0.3 is 8.25 Å². The Hall–Kier alpha value is 0.0200. The summed E-state index contributed by atoms with van der Waals surface area (Å²) < 4.78 is 14.8. The molecule has 1 N–H and O–H groups in total. The van der Waals surface area contributed by atoms with Crippen LogP contribution >= 0.6 is 8.25 Å². The average Bonchev–Trinajstić information content (AvgIpc) is 2.34. The Balaban J connectivity index is 2.92. The molecule has 0 aromatic carbocycles. The zero-order chi connectivity index (χ0) is 13.5. The molecule has 0 rings (SSSR count). The second-order valence-corrected chi connectivity index (χ2v) is 5.69. The molecule has 0 saturated carbocycles. The van der Waals surface area contributed by atoms with E-state index < -0.39 is 8.25 Å². The van der Waals surface area contributed by atoms with Crippen LogP contribution in [0.5, 0.6) is 0 Å². The maximum Gasteiger partial charge on any atom is 0.694 e. The van der Waals surface area contributed by atoms with Gasteiger partial charge in [0, 0.05) is 4.57 Å². The van der Waals surface area contributed by atoms with Crippen LogP contribution in [-0.2, 0) is 9.09 Å². The fourth-order valence-electron chi connectivity index (χ4n) is 2.09. The van der Waals surface area contributed by atoms with Gasteiger partial charge < -0.3 is 0 Å². The summed E-state index contributed by atoms with van der Waals surface area (Å²) in [7, 11) is -2.39. The summed E-state index contributed by atoms with van der Waals surface area (Å²) in [6, 6.07) is 0. The van der Waals surface area contributed by atoms with Gasteiger partial charge in [-0.25, -0.2) is 0 Å². The molecule has 1 atom stereocenters. The maximum absolute atomic E-state index is 10.2. The van der Waals surface area contributed by atoms with Gasteiger partial charge in [-0.15, -0.1) is 9.42 Å². The summed E-state index contributed by atoms with van der Waals surface area (Å²) in [5, 5.41) is 0. The van der Waals surface area contributed by atoms with Crippen molar-refractivity contribution in [3.63, 3.8) is 0 Å². The third-order valence-corrected chi connectivity index (χ3v) is 3.60. The van der Waals surface area contributed by atoms with Gasteiger partial charge in [-0.05, 0) is 6.42 Å². The Labute approximate surface area is 113 Å². The summed E-state index contributed by atoms with van der Waals surface area (Å²) in [5.41, 5.74) is 0. The van der Waals surface area contributed by atoms with Crippen molar-refractivity contribution >= 4 is 8.25 Å².